The molecule has 2 amide bonds. The second kappa shape index (κ2) is 9.25. The van der Waals surface area contributed by atoms with Crippen molar-refractivity contribution in [1.82, 2.24) is 10.2 Å². The van der Waals surface area contributed by atoms with Gasteiger partial charge < -0.3 is 10.2 Å². The highest BCUT2D eigenvalue weighted by atomic mass is 16.2. The summed E-state index contributed by atoms with van der Waals surface area (Å²) in [6.45, 7) is 7.39. The molecule has 2 aromatic carbocycles. The Morgan fingerprint density at radius 1 is 1.00 bits per heavy atom. The summed E-state index contributed by atoms with van der Waals surface area (Å²) in [5.41, 5.74) is 2.50. The molecule has 0 saturated carbocycles. The predicted octanol–water partition coefficient (Wildman–Crippen LogP) is 4.12. The van der Waals surface area contributed by atoms with Gasteiger partial charge in [-0.05, 0) is 57.1 Å². The Morgan fingerprint density at radius 2 is 1.66 bits per heavy atom. The van der Waals surface area contributed by atoms with Gasteiger partial charge in [-0.3, -0.25) is 9.59 Å². The van der Waals surface area contributed by atoms with Crippen LogP contribution in [0.4, 0.5) is 0 Å². The molecule has 1 heterocycles. The van der Waals surface area contributed by atoms with Gasteiger partial charge in [-0.15, -0.1) is 0 Å². The van der Waals surface area contributed by atoms with Crippen molar-refractivity contribution in [3.05, 3.63) is 71.3 Å². The molecule has 3 rings (SSSR count). The maximum atomic E-state index is 13.1. The summed E-state index contributed by atoms with van der Waals surface area (Å²) in [5, 5.41) is 2.94. The van der Waals surface area contributed by atoms with Crippen LogP contribution in [0.3, 0.4) is 0 Å². The summed E-state index contributed by atoms with van der Waals surface area (Å²) in [6, 6.07) is 18.6. The first-order valence-electron chi connectivity index (χ1n) is 10.5. The van der Waals surface area contributed by atoms with Crippen LogP contribution in [0.2, 0.25) is 0 Å². The number of carbonyl (C=O) groups is 2. The smallest absolute Gasteiger partial charge is 0.237 e. The van der Waals surface area contributed by atoms with E-state index in [0.717, 1.165) is 43.5 Å². The maximum Gasteiger partial charge on any atom is 0.237 e. The number of aryl methyl sites for hydroxylation is 1. The van der Waals surface area contributed by atoms with Gasteiger partial charge in [0.1, 0.15) is 5.41 Å². The molecule has 1 fully saturated rings. The Balaban J connectivity index is 1.51. The van der Waals surface area contributed by atoms with Crippen LogP contribution in [0.25, 0.3) is 0 Å². The Hall–Kier alpha value is -2.62. The summed E-state index contributed by atoms with van der Waals surface area (Å²) in [7, 11) is 0. The van der Waals surface area contributed by atoms with Crippen LogP contribution >= 0.6 is 0 Å². The molecule has 1 N–H and O–H groups in total. The number of hydrogen-bond donors (Lipinski definition) is 1. The average Bonchev–Trinajstić information content (AvgIpc) is 2.73. The zero-order valence-electron chi connectivity index (χ0n) is 17.8. The topological polar surface area (TPSA) is 49.4 Å². The van der Waals surface area contributed by atoms with Crippen LogP contribution in [-0.4, -0.2) is 29.8 Å². The van der Waals surface area contributed by atoms with E-state index in [-0.39, 0.29) is 11.8 Å². The van der Waals surface area contributed by atoms with E-state index in [1.54, 1.807) is 13.8 Å². The molecule has 0 aliphatic carbocycles. The fourth-order valence-electron chi connectivity index (χ4n) is 4.01. The lowest BCUT2D eigenvalue weighted by Crippen LogP contribution is -2.51. The van der Waals surface area contributed by atoms with Crippen molar-refractivity contribution in [2.45, 2.75) is 46.6 Å². The third-order valence-electron chi connectivity index (χ3n) is 5.91. The molecule has 4 nitrogen and oxygen atoms in total. The lowest BCUT2D eigenvalue weighted by atomic mass is 9.86. The first-order chi connectivity index (χ1) is 13.9. The monoisotopic (exact) mass is 392 g/mol. The van der Waals surface area contributed by atoms with Crippen LogP contribution in [0.15, 0.2) is 54.6 Å². The second-order valence-electron chi connectivity index (χ2n) is 8.72. The van der Waals surface area contributed by atoms with Gasteiger partial charge in [0.15, 0.2) is 0 Å². The highest BCUT2D eigenvalue weighted by molar-refractivity contribution is 6.04. The van der Waals surface area contributed by atoms with Crippen LogP contribution in [0.5, 0.6) is 0 Å². The van der Waals surface area contributed by atoms with Gasteiger partial charge in [0.05, 0.1) is 0 Å². The first-order valence-corrected chi connectivity index (χ1v) is 10.5. The Morgan fingerprint density at radius 3 is 2.31 bits per heavy atom. The number of rotatable bonds is 6. The third-order valence-corrected chi connectivity index (χ3v) is 5.91. The molecule has 1 aliphatic heterocycles. The zero-order valence-corrected chi connectivity index (χ0v) is 17.8. The van der Waals surface area contributed by atoms with Crippen molar-refractivity contribution >= 4 is 11.8 Å². The van der Waals surface area contributed by atoms with Crippen LogP contribution in [0.1, 0.15) is 43.4 Å². The standard InChI is InChI=1S/C25H32N2O2/c1-19-8-7-11-22(16-19)18-26-23(28)25(2,3)24(29)27-14-12-21(13-15-27)17-20-9-5-4-6-10-20/h4-11,16,21H,12-15,17-18H2,1-3H3,(H,26,28). The van der Waals surface area contributed by atoms with E-state index in [1.807, 2.05) is 42.2 Å². The number of amides is 2. The fraction of sp³-hybridized carbons (Fsp3) is 0.440. The van der Waals surface area contributed by atoms with Crippen LogP contribution in [0, 0.1) is 18.3 Å². The molecule has 0 radical (unpaired) electrons. The predicted molar refractivity (Wildman–Crippen MR) is 116 cm³/mol. The summed E-state index contributed by atoms with van der Waals surface area (Å²) < 4.78 is 0. The average molecular weight is 393 g/mol. The minimum atomic E-state index is -1.06. The van der Waals surface area contributed by atoms with E-state index in [9.17, 15) is 9.59 Å². The van der Waals surface area contributed by atoms with E-state index in [0.29, 0.717) is 12.5 Å². The fourth-order valence-corrected chi connectivity index (χ4v) is 4.01. The van der Waals surface area contributed by atoms with Crippen molar-refractivity contribution in [3.8, 4) is 0 Å². The minimum Gasteiger partial charge on any atom is -0.351 e. The van der Waals surface area contributed by atoms with Gasteiger partial charge in [-0.2, -0.15) is 0 Å². The number of benzene rings is 2. The van der Waals surface area contributed by atoms with Gasteiger partial charge in [0.25, 0.3) is 0 Å². The Kier molecular flexibility index (Phi) is 6.73. The zero-order chi connectivity index (χ0) is 20.9. The number of nitrogens with zero attached hydrogens (tertiary/aromatic N) is 1. The van der Waals surface area contributed by atoms with E-state index < -0.39 is 5.41 Å². The molecule has 0 unspecified atom stereocenters. The van der Waals surface area contributed by atoms with Gasteiger partial charge >= 0.3 is 0 Å². The van der Waals surface area contributed by atoms with E-state index >= 15 is 0 Å². The quantitative estimate of drug-likeness (QED) is 0.752. The molecule has 4 heteroatoms. The molecule has 29 heavy (non-hydrogen) atoms. The Bertz CT molecular complexity index is 837. The summed E-state index contributed by atoms with van der Waals surface area (Å²) in [4.78, 5) is 27.7. The third kappa shape index (κ3) is 5.47. The van der Waals surface area contributed by atoms with Crippen LogP contribution in [-0.2, 0) is 22.6 Å². The highest BCUT2D eigenvalue weighted by Gasteiger charge is 2.40. The molecule has 1 aliphatic rings. The second-order valence-corrected chi connectivity index (χ2v) is 8.72. The van der Waals surface area contributed by atoms with Crippen molar-refractivity contribution in [2.75, 3.05) is 13.1 Å². The molecular formula is C25H32N2O2. The van der Waals surface area contributed by atoms with Crippen molar-refractivity contribution < 1.29 is 9.59 Å². The molecule has 1 saturated heterocycles. The number of nitrogens with one attached hydrogen (secondary N) is 1. The van der Waals surface area contributed by atoms with Crippen molar-refractivity contribution in [1.29, 1.82) is 0 Å². The van der Waals surface area contributed by atoms with Crippen LogP contribution < -0.4 is 5.32 Å². The SMILES string of the molecule is Cc1cccc(CNC(=O)C(C)(C)C(=O)N2CCC(Cc3ccccc3)CC2)c1. The van der Waals surface area contributed by atoms with E-state index in [4.69, 9.17) is 0 Å². The normalized spacial score (nSPS) is 15.2. The van der Waals surface area contributed by atoms with Gasteiger partial charge in [-0.1, -0.05) is 60.2 Å². The van der Waals surface area contributed by atoms with E-state index in [1.165, 1.54) is 5.56 Å². The Labute approximate surface area is 174 Å². The minimum absolute atomic E-state index is 0.0718. The molecule has 2 aromatic rings. The molecule has 0 bridgehead atoms. The molecule has 0 atom stereocenters. The summed E-state index contributed by atoms with van der Waals surface area (Å²) in [6.07, 6.45) is 3.03. The number of hydrogen-bond acceptors (Lipinski definition) is 2. The van der Waals surface area contributed by atoms with Crippen molar-refractivity contribution in [3.63, 3.8) is 0 Å². The summed E-state index contributed by atoms with van der Waals surface area (Å²) >= 11 is 0. The molecule has 154 valence electrons. The van der Waals surface area contributed by atoms with E-state index in [2.05, 4.69) is 29.6 Å². The number of carbonyl (C=O) groups excluding carboxylic acids is 2. The van der Waals surface area contributed by atoms with Gasteiger partial charge in [-0.25, -0.2) is 0 Å². The van der Waals surface area contributed by atoms with Gasteiger partial charge in [0.2, 0.25) is 11.8 Å². The largest absolute Gasteiger partial charge is 0.351 e. The number of likely N-dealkylation sites (tertiary alicyclic amines) is 1. The highest BCUT2D eigenvalue weighted by Crippen LogP contribution is 2.26. The molecule has 0 aromatic heterocycles. The lowest BCUT2D eigenvalue weighted by molar-refractivity contribution is -0.149. The lowest BCUT2D eigenvalue weighted by Gasteiger charge is -2.36. The summed E-state index contributed by atoms with van der Waals surface area (Å²) in [5.74, 6) is 0.313. The number of piperidine rings is 1. The molecule has 0 spiro atoms. The van der Waals surface area contributed by atoms with Gasteiger partial charge in [0, 0.05) is 19.6 Å². The van der Waals surface area contributed by atoms with Crippen molar-refractivity contribution in [2.24, 2.45) is 11.3 Å². The maximum absolute atomic E-state index is 13.1. The first kappa shape index (κ1) is 21.1. The molecular weight excluding hydrogens is 360 g/mol.